The van der Waals surface area contributed by atoms with E-state index in [1.54, 1.807) is 6.20 Å². The highest BCUT2D eigenvalue weighted by molar-refractivity contribution is 5.97. The number of anilines is 1. The van der Waals surface area contributed by atoms with Crippen molar-refractivity contribution in [1.82, 2.24) is 9.88 Å². The number of aromatic nitrogens is 1. The second kappa shape index (κ2) is 6.62. The van der Waals surface area contributed by atoms with E-state index in [1.807, 2.05) is 36.0 Å². The Bertz CT molecular complexity index is 529. The largest absolute Gasteiger partial charge is 0.376 e. The maximum absolute atomic E-state index is 12.8. The molecule has 2 fully saturated rings. The Labute approximate surface area is 131 Å². The van der Waals surface area contributed by atoms with Gasteiger partial charge in [-0.25, -0.2) is 4.98 Å². The van der Waals surface area contributed by atoms with E-state index >= 15 is 0 Å². The maximum atomic E-state index is 12.8. The molecule has 1 aromatic rings. The van der Waals surface area contributed by atoms with Gasteiger partial charge in [0.05, 0.1) is 18.9 Å². The van der Waals surface area contributed by atoms with Crippen LogP contribution in [-0.2, 0) is 9.47 Å². The van der Waals surface area contributed by atoms with Crippen molar-refractivity contribution < 1.29 is 14.3 Å². The van der Waals surface area contributed by atoms with Crippen molar-refractivity contribution in [2.75, 3.05) is 45.3 Å². The predicted octanol–water partition coefficient (Wildman–Crippen LogP) is 1.37. The van der Waals surface area contributed by atoms with Gasteiger partial charge in [0.2, 0.25) is 0 Å². The van der Waals surface area contributed by atoms with Crippen molar-refractivity contribution in [3.05, 3.63) is 24.0 Å². The molecule has 0 aliphatic carbocycles. The van der Waals surface area contributed by atoms with Gasteiger partial charge >= 0.3 is 0 Å². The lowest BCUT2D eigenvalue weighted by Crippen LogP contribution is -2.44. The fourth-order valence-corrected chi connectivity index (χ4v) is 3.14. The quantitative estimate of drug-likeness (QED) is 0.844. The van der Waals surface area contributed by atoms with Crippen LogP contribution in [0, 0.1) is 5.92 Å². The second-order valence-electron chi connectivity index (χ2n) is 6.03. The number of pyridine rings is 1. The van der Waals surface area contributed by atoms with Crippen LogP contribution < -0.4 is 4.90 Å². The zero-order chi connectivity index (χ0) is 15.5. The molecule has 22 heavy (non-hydrogen) atoms. The number of hydrogen-bond acceptors (Lipinski definition) is 5. The van der Waals surface area contributed by atoms with Gasteiger partial charge in [0.1, 0.15) is 0 Å². The SMILES string of the molecule is CN(C)c1cccnc1C(=O)N1CCCC(C2OCCO2)C1. The Hall–Kier alpha value is -1.66. The lowest BCUT2D eigenvalue weighted by Gasteiger charge is -2.35. The van der Waals surface area contributed by atoms with Crippen LogP contribution in [-0.4, -0.2) is 62.5 Å². The summed E-state index contributed by atoms with van der Waals surface area (Å²) >= 11 is 0. The minimum Gasteiger partial charge on any atom is -0.376 e. The monoisotopic (exact) mass is 305 g/mol. The molecule has 120 valence electrons. The van der Waals surface area contributed by atoms with Crippen LogP contribution in [0.15, 0.2) is 18.3 Å². The lowest BCUT2D eigenvalue weighted by atomic mass is 9.97. The Morgan fingerprint density at radius 2 is 2.14 bits per heavy atom. The van der Waals surface area contributed by atoms with E-state index in [1.165, 1.54) is 0 Å². The Balaban J connectivity index is 1.74. The van der Waals surface area contributed by atoms with Crippen LogP contribution in [0.3, 0.4) is 0 Å². The number of rotatable bonds is 3. The fourth-order valence-electron chi connectivity index (χ4n) is 3.14. The highest BCUT2D eigenvalue weighted by Crippen LogP contribution is 2.27. The summed E-state index contributed by atoms with van der Waals surface area (Å²) in [6.45, 7) is 2.75. The minimum absolute atomic E-state index is 0.00741. The van der Waals surface area contributed by atoms with Gasteiger partial charge in [0.15, 0.2) is 12.0 Å². The molecule has 0 bridgehead atoms. The number of likely N-dealkylation sites (tertiary alicyclic amines) is 1. The number of amides is 1. The average molecular weight is 305 g/mol. The van der Waals surface area contributed by atoms with Crippen molar-refractivity contribution in [2.24, 2.45) is 5.92 Å². The fraction of sp³-hybridized carbons (Fsp3) is 0.625. The van der Waals surface area contributed by atoms with Gasteiger partial charge in [0, 0.05) is 39.3 Å². The molecule has 1 amide bonds. The normalized spacial score (nSPS) is 22.8. The molecular formula is C16H23N3O3. The zero-order valence-corrected chi connectivity index (χ0v) is 13.2. The Morgan fingerprint density at radius 1 is 1.36 bits per heavy atom. The smallest absolute Gasteiger partial charge is 0.274 e. The minimum atomic E-state index is -0.160. The molecule has 3 rings (SSSR count). The summed E-state index contributed by atoms with van der Waals surface area (Å²) in [5.74, 6) is 0.249. The number of nitrogens with zero attached hydrogens (tertiary/aromatic N) is 3. The number of piperidine rings is 1. The van der Waals surface area contributed by atoms with Gasteiger partial charge in [-0.05, 0) is 25.0 Å². The van der Waals surface area contributed by atoms with Gasteiger partial charge in [-0.1, -0.05) is 0 Å². The molecule has 1 aromatic heterocycles. The lowest BCUT2D eigenvalue weighted by molar-refractivity contribution is -0.0969. The van der Waals surface area contributed by atoms with Crippen LogP contribution in [0.2, 0.25) is 0 Å². The summed E-state index contributed by atoms with van der Waals surface area (Å²) in [6.07, 6.45) is 3.53. The molecule has 1 atom stereocenters. The van der Waals surface area contributed by atoms with Gasteiger partial charge in [-0.15, -0.1) is 0 Å². The van der Waals surface area contributed by atoms with E-state index in [4.69, 9.17) is 9.47 Å². The van der Waals surface area contributed by atoms with Crippen molar-refractivity contribution in [3.63, 3.8) is 0 Å². The molecule has 3 heterocycles. The molecule has 0 N–H and O–H groups in total. The first-order valence-electron chi connectivity index (χ1n) is 7.81. The standard InChI is InChI=1S/C16H23N3O3/c1-18(2)13-6-3-7-17-14(13)15(20)19-8-4-5-12(11-19)16-21-9-10-22-16/h3,6-7,12,16H,4-5,8-11H2,1-2H3. The summed E-state index contributed by atoms with van der Waals surface area (Å²) in [5, 5.41) is 0. The molecule has 2 aliphatic heterocycles. The van der Waals surface area contributed by atoms with Crippen molar-refractivity contribution in [1.29, 1.82) is 0 Å². The number of carbonyl (C=O) groups excluding carboxylic acids is 1. The van der Waals surface area contributed by atoms with E-state index in [2.05, 4.69) is 4.98 Å². The first-order valence-corrected chi connectivity index (χ1v) is 7.81. The summed E-state index contributed by atoms with van der Waals surface area (Å²) in [7, 11) is 3.85. The molecule has 6 nitrogen and oxygen atoms in total. The number of carbonyl (C=O) groups is 1. The van der Waals surface area contributed by atoms with Crippen LogP contribution in [0.25, 0.3) is 0 Å². The molecule has 0 spiro atoms. The third kappa shape index (κ3) is 3.08. The van der Waals surface area contributed by atoms with Crippen molar-refractivity contribution in [2.45, 2.75) is 19.1 Å². The molecule has 2 aliphatic rings. The van der Waals surface area contributed by atoms with E-state index < -0.39 is 0 Å². The molecule has 2 saturated heterocycles. The predicted molar refractivity (Wildman–Crippen MR) is 82.9 cm³/mol. The van der Waals surface area contributed by atoms with Crippen LogP contribution >= 0.6 is 0 Å². The van der Waals surface area contributed by atoms with Gasteiger partial charge in [0.25, 0.3) is 5.91 Å². The van der Waals surface area contributed by atoms with E-state index in [-0.39, 0.29) is 18.1 Å². The van der Waals surface area contributed by atoms with Gasteiger partial charge < -0.3 is 19.3 Å². The van der Waals surface area contributed by atoms with E-state index in [9.17, 15) is 4.79 Å². The molecular weight excluding hydrogens is 282 g/mol. The van der Waals surface area contributed by atoms with Crippen molar-refractivity contribution >= 4 is 11.6 Å². The summed E-state index contributed by atoms with van der Waals surface area (Å²) in [4.78, 5) is 20.9. The Kier molecular flexibility index (Phi) is 4.59. The average Bonchev–Trinajstić information content (AvgIpc) is 3.09. The molecule has 0 radical (unpaired) electrons. The van der Waals surface area contributed by atoms with Crippen LogP contribution in [0.4, 0.5) is 5.69 Å². The van der Waals surface area contributed by atoms with E-state index in [0.29, 0.717) is 25.5 Å². The Morgan fingerprint density at radius 3 is 2.86 bits per heavy atom. The molecule has 1 unspecified atom stereocenters. The van der Waals surface area contributed by atoms with Crippen LogP contribution in [0.1, 0.15) is 23.3 Å². The summed E-state index contributed by atoms with van der Waals surface area (Å²) in [6, 6.07) is 3.77. The summed E-state index contributed by atoms with van der Waals surface area (Å²) in [5.41, 5.74) is 1.37. The van der Waals surface area contributed by atoms with Gasteiger partial charge in [-0.2, -0.15) is 0 Å². The van der Waals surface area contributed by atoms with E-state index in [0.717, 1.165) is 25.1 Å². The number of hydrogen-bond donors (Lipinski definition) is 0. The highest BCUT2D eigenvalue weighted by Gasteiger charge is 2.33. The second-order valence-corrected chi connectivity index (χ2v) is 6.03. The first-order chi connectivity index (χ1) is 10.7. The maximum Gasteiger partial charge on any atom is 0.274 e. The third-order valence-electron chi connectivity index (χ3n) is 4.25. The molecule has 6 heteroatoms. The first kappa shape index (κ1) is 15.2. The van der Waals surface area contributed by atoms with Crippen molar-refractivity contribution in [3.8, 4) is 0 Å². The number of ether oxygens (including phenoxy) is 2. The zero-order valence-electron chi connectivity index (χ0n) is 13.2. The summed E-state index contributed by atoms with van der Waals surface area (Å²) < 4.78 is 11.2. The van der Waals surface area contributed by atoms with Gasteiger partial charge in [-0.3, -0.25) is 4.79 Å². The van der Waals surface area contributed by atoms with Crippen LogP contribution in [0.5, 0.6) is 0 Å². The third-order valence-corrected chi connectivity index (χ3v) is 4.25. The molecule has 0 aromatic carbocycles. The molecule has 0 saturated carbocycles. The highest BCUT2D eigenvalue weighted by atomic mass is 16.7. The topological polar surface area (TPSA) is 54.9 Å².